The molecule has 4 nitrogen and oxygen atoms in total. The minimum Gasteiger partial charge on any atom is -0.481 e. The van der Waals surface area contributed by atoms with Crippen LogP contribution in [0.1, 0.15) is 13.3 Å². The van der Waals surface area contributed by atoms with E-state index in [1.54, 1.807) is 0 Å². The van der Waals surface area contributed by atoms with Crippen LogP contribution in [0, 0.1) is 5.92 Å². The second-order valence-electron chi connectivity index (χ2n) is 2.72. The van der Waals surface area contributed by atoms with Gasteiger partial charge < -0.3 is 10.4 Å². The lowest BCUT2D eigenvalue weighted by Gasteiger charge is -2.09. The summed E-state index contributed by atoms with van der Waals surface area (Å²) in [5, 5.41) is 10.2. The third-order valence-electron chi connectivity index (χ3n) is 1.47. The predicted octanol–water partition coefficient (Wildman–Crippen LogP) is 0.776. The van der Waals surface area contributed by atoms with Crippen molar-refractivity contribution in [1.82, 2.24) is 5.32 Å². The molecule has 0 bridgehead atoms. The summed E-state index contributed by atoms with van der Waals surface area (Å²) in [6.45, 7) is 0.505. The van der Waals surface area contributed by atoms with Crippen molar-refractivity contribution in [2.45, 2.75) is 19.5 Å². The van der Waals surface area contributed by atoms with E-state index in [9.17, 15) is 22.8 Å². The van der Waals surface area contributed by atoms with Gasteiger partial charge in [-0.05, 0) is 6.92 Å². The molecule has 0 aliphatic carbocycles. The molecule has 1 unspecified atom stereocenters. The number of hydrogen-bond acceptors (Lipinski definition) is 2. The maximum absolute atomic E-state index is 11.6. The molecule has 0 saturated carbocycles. The second kappa shape index (κ2) is 4.83. The molecule has 0 aliphatic heterocycles. The van der Waals surface area contributed by atoms with Crippen LogP contribution in [0.15, 0.2) is 0 Å². The van der Waals surface area contributed by atoms with Gasteiger partial charge in [0, 0.05) is 6.54 Å². The van der Waals surface area contributed by atoms with Crippen LogP contribution in [-0.4, -0.2) is 29.7 Å². The van der Waals surface area contributed by atoms with Gasteiger partial charge in [-0.3, -0.25) is 9.59 Å². The molecule has 0 rings (SSSR count). The number of carbonyl (C=O) groups excluding carboxylic acids is 1. The highest BCUT2D eigenvalue weighted by Crippen LogP contribution is 2.18. The van der Waals surface area contributed by atoms with Gasteiger partial charge in [0.2, 0.25) is 5.91 Å². The van der Waals surface area contributed by atoms with E-state index in [0.29, 0.717) is 0 Å². The van der Waals surface area contributed by atoms with Gasteiger partial charge in [-0.25, -0.2) is 0 Å². The van der Waals surface area contributed by atoms with E-state index in [1.807, 2.05) is 5.32 Å². The lowest BCUT2D eigenvalue weighted by atomic mass is 10.2. The first kappa shape index (κ1) is 12.7. The number of carboxylic acid groups (broad SMARTS) is 1. The number of amides is 1. The number of carboxylic acids is 1. The average Bonchev–Trinajstić information content (AvgIpc) is 2.00. The molecule has 1 amide bonds. The van der Waals surface area contributed by atoms with Crippen molar-refractivity contribution in [2.75, 3.05) is 6.54 Å². The molecule has 0 aromatic rings. The van der Waals surface area contributed by atoms with E-state index in [1.165, 1.54) is 0 Å². The lowest BCUT2D eigenvalue weighted by molar-refractivity contribution is -0.146. The third-order valence-corrected chi connectivity index (χ3v) is 1.47. The predicted molar refractivity (Wildman–Crippen MR) is 40.5 cm³/mol. The Balaban J connectivity index is 3.81. The Labute approximate surface area is 78.1 Å². The molecule has 7 heteroatoms. The highest BCUT2D eigenvalue weighted by atomic mass is 19.4. The molecule has 0 aliphatic rings. The van der Waals surface area contributed by atoms with Crippen LogP contribution in [0.5, 0.6) is 0 Å². The zero-order valence-electron chi connectivity index (χ0n) is 7.39. The Bertz CT molecular complexity index is 227. The van der Waals surface area contributed by atoms with Gasteiger partial charge in [0.05, 0.1) is 6.42 Å². The molecular formula is C7H10F3NO3. The van der Waals surface area contributed by atoms with E-state index in [2.05, 4.69) is 0 Å². The van der Waals surface area contributed by atoms with Crippen molar-refractivity contribution in [1.29, 1.82) is 0 Å². The van der Waals surface area contributed by atoms with Crippen LogP contribution in [0.3, 0.4) is 0 Å². The summed E-state index contributed by atoms with van der Waals surface area (Å²) in [6, 6.07) is 0. The Morgan fingerprint density at radius 2 is 1.93 bits per heavy atom. The van der Waals surface area contributed by atoms with Crippen molar-refractivity contribution in [3.8, 4) is 0 Å². The third kappa shape index (κ3) is 5.39. The fourth-order valence-electron chi connectivity index (χ4n) is 0.593. The first-order chi connectivity index (χ1) is 6.24. The van der Waals surface area contributed by atoms with Crippen LogP contribution < -0.4 is 5.32 Å². The molecule has 82 valence electrons. The number of aliphatic carboxylic acids is 1. The van der Waals surface area contributed by atoms with Crippen molar-refractivity contribution in [3.05, 3.63) is 0 Å². The van der Waals surface area contributed by atoms with Crippen LogP contribution in [0.2, 0.25) is 0 Å². The van der Waals surface area contributed by atoms with Crippen LogP contribution in [0.4, 0.5) is 13.2 Å². The number of carbonyl (C=O) groups is 2. The minimum atomic E-state index is -4.35. The average molecular weight is 213 g/mol. The summed E-state index contributed by atoms with van der Waals surface area (Å²) in [7, 11) is 0. The van der Waals surface area contributed by atoms with Crippen molar-refractivity contribution < 1.29 is 27.9 Å². The summed E-state index contributed by atoms with van der Waals surface area (Å²) >= 11 is 0. The monoisotopic (exact) mass is 213 g/mol. The van der Waals surface area contributed by atoms with E-state index < -0.39 is 36.9 Å². The zero-order valence-corrected chi connectivity index (χ0v) is 7.39. The first-order valence-electron chi connectivity index (χ1n) is 3.81. The first-order valence-corrected chi connectivity index (χ1v) is 3.81. The number of nitrogens with one attached hydrogen (secondary N) is 1. The van der Waals surface area contributed by atoms with Gasteiger partial charge in [0.1, 0.15) is 5.92 Å². The molecule has 1 atom stereocenters. The normalized spacial score (nSPS) is 13.4. The maximum atomic E-state index is 11.6. The molecule has 0 aromatic heterocycles. The SMILES string of the molecule is CC(C(=O)O)C(=O)NCCC(F)(F)F. The van der Waals surface area contributed by atoms with Gasteiger partial charge in [0.15, 0.2) is 0 Å². The summed E-state index contributed by atoms with van der Waals surface area (Å²) in [4.78, 5) is 21.0. The summed E-state index contributed by atoms with van der Waals surface area (Å²) in [5.41, 5.74) is 0. The standard InChI is InChI=1S/C7H10F3NO3/c1-4(6(13)14)5(12)11-3-2-7(8,9)10/h4H,2-3H2,1H3,(H,11,12)(H,13,14). The largest absolute Gasteiger partial charge is 0.481 e. The fraction of sp³-hybridized carbons (Fsp3) is 0.714. The van der Waals surface area contributed by atoms with Gasteiger partial charge >= 0.3 is 12.1 Å². The van der Waals surface area contributed by atoms with Crippen LogP contribution >= 0.6 is 0 Å². The van der Waals surface area contributed by atoms with Crippen molar-refractivity contribution in [2.24, 2.45) is 5.92 Å². The quantitative estimate of drug-likeness (QED) is 0.678. The Morgan fingerprint density at radius 3 is 2.29 bits per heavy atom. The Hall–Kier alpha value is -1.27. The van der Waals surface area contributed by atoms with Crippen LogP contribution in [0.25, 0.3) is 0 Å². The van der Waals surface area contributed by atoms with Crippen molar-refractivity contribution >= 4 is 11.9 Å². The second-order valence-corrected chi connectivity index (χ2v) is 2.72. The summed E-state index contributed by atoms with van der Waals surface area (Å²) < 4.78 is 34.8. The van der Waals surface area contributed by atoms with Gasteiger partial charge in [-0.15, -0.1) is 0 Å². The Kier molecular flexibility index (Phi) is 4.39. The molecule has 2 N–H and O–H groups in total. The molecule has 0 fully saturated rings. The van der Waals surface area contributed by atoms with Gasteiger partial charge in [-0.2, -0.15) is 13.2 Å². The molecule has 14 heavy (non-hydrogen) atoms. The number of rotatable bonds is 4. The van der Waals surface area contributed by atoms with E-state index in [4.69, 9.17) is 5.11 Å². The van der Waals surface area contributed by atoms with Gasteiger partial charge in [-0.1, -0.05) is 0 Å². The maximum Gasteiger partial charge on any atom is 0.390 e. The van der Waals surface area contributed by atoms with E-state index in [-0.39, 0.29) is 0 Å². The number of halogens is 3. The summed E-state index contributed by atoms with van der Waals surface area (Å²) in [5.74, 6) is -3.61. The zero-order chi connectivity index (χ0) is 11.4. The minimum absolute atomic E-state index is 0.597. The molecule has 0 radical (unpaired) electrons. The lowest BCUT2D eigenvalue weighted by Crippen LogP contribution is -2.35. The highest BCUT2D eigenvalue weighted by Gasteiger charge is 2.27. The highest BCUT2D eigenvalue weighted by molar-refractivity contribution is 5.96. The smallest absolute Gasteiger partial charge is 0.390 e. The van der Waals surface area contributed by atoms with E-state index >= 15 is 0 Å². The molecule has 0 heterocycles. The molecule has 0 aromatic carbocycles. The van der Waals surface area contributed by atoms with Crippen molar-refractivity contribution in [3.63, 3.8) is 0 Å². The fourth-order valence-corrected chi connectivity index (χ4v) is 0.593. The number of alkyl halides is 3. The topological polar surface area (TPSA) is 66.4 Å². The van der Waals surface area contributed by atoms with Gasteiger partial charge in [0.25, 0.3) is 0 Å². The molecule has 0 spiro atoms. The van der Waals surface area contributed by atoms with E-state index in [0.717, 1.165) is 6.92 Å². The molecule has 0 saturated heterocycles. The number of hydrogen-bond donors (Lipinski definition) is 2. The Morgan fingerprint density at radius 1 is 1.43 bits per heavy atom. The summed E-state index contributed by atoms with van der Waals surface area (Å²) in [6.07, 6.45) is -5.51. The van der Waals surface area contributed by atoms with Crippen LogP contribution in [-0.2, 0) is 9.59 Å². The molecular weight excluding hydrogens is 203 g/mol.